The second-order valence-corrected chi connectivity index (χ2v) is 10.0. The smallest absolute Gasteiger partial charge is 0.274 e. The molecule has 32 heavy (non-hydrogen) atoms. The van der Waals surface area contributed by atoms with E-state index in [1.807, 2.05) is 47.4 Å². The fourth-order valence-electron chi connectivity index (χ4n) is 4.87. The summed E-state index contributed by atoms with van der Waals surface area (Å²) in [5.74, 6) is 0.849. The van der Waals surface area contributed by atoms with Gasteiger partial charge in [-0.05, 0) is 35.7 Å². The Morgan fingerprint density at radius 2 is 2.00 bits per heavy atom. The minimum atomic E-state index is -0.212. The lowest BCUT2D eigenvalue weighted by Crippen LogP contribution is -2.46. The predicted octanol–water partition coefficient (Wildman–Crippen LogP) is 4.75. The number of benzene rings is 2. The van der Waals surface area contributed by atoms with E-state index in [1.165, 1.54) is 0 Å². The van der Waals surface area contributed by atoms with E-state index in [2.05, 4.69) is 31.0 Å². The Morgan fingerprint density at radius 3 is 2.78 bits per heavy atom. The quantitative estimate of drug-likeness (QED) is 0.636. The number of aromatic nitrogens is 2. The van der Waals surface area contributed by atoms with Gasteiger partial charge in [0.2, 0.25) is 0 Å². The maximum absolute atomic E-state index is 13.1. The van der Waals surface area contributed by atoms with Crippen molar-refractivity contribution in [1.82, 2.24) is 15.1 Å². The van der Waals surface area contributed by atoms with Crippen molar-refractivity contribution in [2.24, 2.45) is 5.92 Å². The summed E-state index contributed by atoms with van der Waals surface area (Å²) < 4.78 is 6.35. The van der Waals surface area contributed by atoms with Crippen molar-refractivity contribution in [3.05, 3.63) is 59.4 Å². The van der Waals surface area contributed by atoms with E-state index in [1.54, 1.807) is 0 Å². The number of ketones is 1. The molecule has 1 amide bonds. The van der Waals surface area contributed by atoms with Crippen LogP contribution in [0.5, 0.6) is 5.75 Å². The Balaban J connectivity index is 1.34. The Kier molecular flexibility index (Phi) is 5.03. The number of rotatable bonds is 2. The first kappa shape index (κ1) is 20.7. The monoisotopic (exact) mass is 431 g/mol. The lowest BCUT2D eigenvalue weighted by Gasteiger charge is -2.38. The molecule has 1 fully saturated rings. The Hall–Kier alpha value is -3.15. The molecule has 1 saturated heterocycles. The zero-order valence-electron chi connectivity index (χ0n) is 18.9. The van der Waals surface area contributed by atoms with Crippen LogP contribution in [0.1, 0.15) is 66.6 Å². The van der Waals surface area contributed by atoms with E-state index in [0.29, 0.717) is 36.5 Å². The largest absolute Gasteiger partial charge is 0.489 e. The van der Waals surface area contributed by atoms with Gasteiger partial charge in [-0.3, -0.25) is 14.7 Å². The summed E-state index contributed by atoms with van der Waals surface area (Å²) in [7, 11) is 0. The van der Waals surface area contributed by atoms with Crippen molar-refractivity contribution in [3.8, 4) is 5.75 Å². The highest BCUT2D eigenvalue weighted by atomic mass is 16.5. The summed E-state index contributed by atoms with van der Waals surface area (Å²) in [6, 6.07) is 13.7. The van der Waals surface area contributed by atoms with Gasteiger partial charge in [-0.2, -0.15) is 5.10 Å². The van der Waals surface area contributed by atoms with E-state index < -0.39 is 0 Å². The molecular formula is C26H29N3O3. The number of ether oxygens (including phenoxy) is 1. The molecule has 166 valence electrons. The zero-order chi connectivity index (χ0) is 22.5. The molecule has 2 aliphatic heterocycles. The molecule has 2 atom stereocenters. The van der Waals surface area contributed by atoms with E-state index >= 15 is 0 Å². The first-order valence-corrected chi connectivity index (χ1v) is 11.4. The molecule has 5 rings (SSSR count). The molecule has 6 heteroatoms. The first-order chi connectivity index (χ1) is 15.3. The molecule has 6 nitrogen and oxygen atoms in total. The van der Waals surface area contributed by atoms with Crippen LogP contribution in [0.2, 0.25) is 0 Å². The molecule has 2 aromatic carbocycles. The van der Waals surface area contributed by atoms with Gasteiger partial charge in [-0.1, -0.05) is 51.1 Å². The molecule has 0 bridgehead atoms. The van der Waals surface area contributed by atoms with Crippen molar-refractivity contribution >= 4 is 22.5 Å². The van der Waals surface area contributed by atoms with Crippen molar-refractivity contribution < 1.29 is 14.3 Å². The summed E-state index contributed by atoms with van der Waals surface area (Å²) in [5.41, 5.74) is 1.99. The Labute approximate surface area is 187 Å². The van der Waals surface area contributed by atoms with E-state index in [0.717, 1.165) is 29.3 Å². The molecule has 1 aromatic heterocycles. The minimum Gasteiger partial charge on any atom is -0.489 e. The van der Waals surface area contributed by atoms with Gasteiger partial charge >= 0.3 is 0 Å². The van der Waals surface area contributed by atoms with Crippen molar-refractivity contribution in [1.29, 1.82) is 0 Å². The normalized spacial score (nSPS) is 21.3. The molecule has 2 aliphatic rings. The molecular weight excluding hydrogens is 402 g/mol. The molecule has 3 aromatic rings. The number of amides is 1. The van der Waals surface area contributed by atoms with Crippen molar-refractivity contribution in [3.63, 3.8) is 0 Å². The first-order valence-electron chi connectivity index (χ1n) is 11.4. The van der Waals surface area contributed by atoms with E-state index in [4.69, 9.17) is 4.74 Å². The summed E-state index contributed by atoms with van der Waals surface area (Å²) in [6.07, 6.45) is 1.98. The molecule has 1 N–H and O–H groups in total. The fraction of sp³-hybridized carbons (Fsp3) is 0.423. The highest BCUT2D eigenvalue weighted by Gasteiger charge is 2.37. The number of likely N-dealkylation sites (tertiary alicyclic amines) is 1. The van der Waals surface area contributed by atoms with Gasteiger partial charge in [0.1, 0.15) is 17.5 Å². The lowest BCUT2D eigenvalue weighted by atomic mass is 9.85. The maximum atomic E-state index is 13.1. The number of nitrogens with zero attached hydrogens (tertiary/aromatic N) is 2. The number of H-pyrrole nitrogens is 1. The Morgan fingerprint density at radius 1 is 1.19 bits per heavy atom. The number of Topliss-reactive ketones (excluding diaryl/α,β-unsaturated/α-hetero) is 1. The SMILES string of the molecule is CC(C)(C)c1cc(C(=O)N2CCC[C@H]([C@H]3CC(=O)c4c(ccc5ccccc45)O3)C2)n[nH]1. The lowest BCUT2D eigenvalue weighted by molar-refractivity contribution is 0.0407. The highest BCUT2D eigenvalue weighted by Crippen LogP contribution is 2.37. The van der Waals surface area contributed by atoms with Gasteiger partial charge < -0.3 is 9.64 Å². The number of carbonyl (C=O) groups is 2. The van der Waals surface area contributed by atoms with E-state index in [-0.39, 0.29) is 29.1 Å². The van der Waals surface area contributed by atoms with Gasteiger partial charge in [-0.25, -0.2) is 0 Å². The summed E-state index contributed by atoms with van der Waals surface area (Å²) in [6.45, 7) is 7.55. The third-order valence-corrected chi connectivity index (χ3v) is 6.71. The summed E-state index contributed by atoms with van der Waals surface area (Å²) in [4.78, 5) is 28.1. The third-order valence-electron chi connectivity index (χ3n) is 6.71. The standard InChI is InChI=1S/C26H29N3O3/c1-26(2,3)23-13-19(27-28-23)25(31)29-12-6-8-17(15-29)22-14-20(30)24-18-9-5-4-7-16(18)10-11-21(24)32-22/h4-5,7,9-11,13,17,22H,6,8,12,14-15H2,1-3H3,(H,27,28)/t17-,22+/m0/s1. The molecule has 0 aliphatic carbocycles. The van der Waals surface area contributed by atoms with Crippen LogP contribution in [-0.4, -0.2) is 46.0 Å². The van der Waals surface area contributed by atoms with Crippen LogP contribution in [-0.2, 0) is 5.41 Å². The number of nitrogens with one attached hydrogen (secondary N) is 1. The zero-order valence-corrected chi connectivity index (χ0v) is 18.9. The average Bonchev–Trinajstić information content (AvgIpc) is 3.29. The van der Waals surface area contributed by atoms with E-state index in [9.17, 15) is 9.59 Å². The van der Waals surface area contributed by atoms with Crippen molar-refractivity contribution in [2.75, 3.05) is 13.1 Å². The number of hydrogen-bond acceptors (Lipinski definition) is 4. The van der Waals surface area contributed by atoms with Crippen LogP contribution < -0.4 is 4.74 Å². The van der Waals surface area contributed by atoms with Gasteiger partial charge in [0, 0.05) is 36.5 Å². The predicted molar refractivity (Wildman–Crippen MR) is 123 cm³/mol. The average molecular weight is 432 g/mol. The third kappa shape index (κ3) is 3.68. The van der Waals surface area contributed by atoms with Crippen molar-refractivity contribution in [2.45, 2.75) is 51.6 Å². The molecule has 0 spiro atoms. The van der Waals surface area contributed by atoms with Crippen LogP contribution in [0.25, 0.3) is 10.8 Å². The second kappa shape index (κ2) is 7.76. The van der Waals surface area contributed by atoms with Gasteiger partial charge in [0.25, 0.3) is 5.91 Å². The van der Waals surface area contributed by atoms with Gasteiger partial charge in [-0.15, -0.1) is 0 Å². The highest BCUT2D eigenvalue weighted by molar-refractivity contribution is 6.11. The molecule has 0 saturated carbocycles. The molecule has 3 heterocycles. The van der Waals surface area contributed by atoms with Crippen LogP contribution in [0.3, 0.4) is 0 Å². The van der Waals surface area contributed by atoms with Crippen LogP contribution in [0.4, 0.5) is 0 Å². The molecule has 0 unspecified atom stereocenters. The van der Waals surface area contributed by atoms with Gasteiger partial charge in [0.15, 0.2) is 5.78 Å². The van der Waals surface area contributed by atoms with Gasteiger partial charge in [0.05, 0.1) is 5.56 Å². The summed E-state index contributed by atoms with van der Waals surface area (Å²) in [5, 5.41) is 9.26. The number of fused-ring (bicyclic) bond motifs is 3. The maximum Gasteiger partial charge on any atom is 0.274 e. The minimum absolute atomic E-state index is 0.0602. The number of carbonyl (C=O) groups excluding carboxylic acids is 2. The number of hydrogen-bond donors (Lipinski definition) is 1. The Bertz CT molecular complexity index is 1190. The number of piperidine rings is 1. The topological polar surface area (TPSA) is 75.3 Å². The summed E-state index contributed by atoms with van der Waals surface area (Å²) >= 11 is 0. The second-order valence-electron chi connectivity index (χ2n) is 10.0. The van der Waals surface area contributed by atoms with Crippen LogP contribution >= 0.6 is 0 Å². The fourth-order valence-corrected chi connectivity index (χ4v) is 4.87. The molecule has 0 radical (unpaired) electrons. The number of aromatic amines is 1. The van der Waals surface area contributed by atoms with Crippen LogP contribution in [0.15, 0.2) is 42.5 Å². The van der Waals surface area contributed by atoms with Crippen LogP contribution in [0, 0.1) is 5.92 Å².